The number of ketones is 2. The zero-order valence-electron chi connectivity index (χ0n) is 39.7. The van der Waals surface area contributed by atoms with Gasteiger partial charge in [0.25, 0.3) is 0 Å². The molecule has 9 atom stereocenters. The zero-order valence-corrected chi connectivity index (χ0v) is 39.7. The number of ether oxygens (including phenoxy) is 1. The minimum Gasteiger partial charge on any atom is -0.504 e. The first-order valence-corrected chi connectivity index (χ1v) is 25.6. The van der Waals surface area contributed by atoms with Gasteiger partial charge in [0.05, 0.1) is 26.3 Å². The van der Waals surface area contributed by atoms with E-state index in [-0.39, 0.29) is 41.1 Å². The Morgan fingerprint density at radius 3 is 2.57 bits per heavy atom. The molecule has 3 aromatic carbocycles. The average molecular weight is 907 g/mol. The van der Waals surface area contributed by atoms with E-state index < -0.39 is 6.61 Å². The number of carbonyl (C=O) groups excluding carboxylic acids is 2. The quantitative estimate of drug-likeness (QED) is 0.0420. The second-order valence-corrected chi connectivity index (χ2v) is 21.1. The maximum Gasteiger partial charge on any atom is 0.163 e. The SMILES string of the molecule is COc1cc(/C(=C/C(=O)CC(=O)C[C@H]2CC[C@@H]3CCC[C@]3(C[C@H]3[C@@H]4CCNC[C@@H]4C[C@@H]4C=CCN[C@@H]34)C2)CO)c(CC2=CNC(N)C=C2CCc2cccc(CCc3ccccc3)c2)cc1O. The average Bonchev–Trinajstić information content (AvgIpc) is 3.76. The molecule has 0 bridgehead atoms. The number of aromatic hydroxyl groups is 1. The highest BCUT2D eigenvalue weighted by atomic mass is 16.5. The van der Waals surface area contributed by atoms with Crippen molar-refractivity contribution in [1.29, 1.82) is 0 Å². The molecular weight excluding hydrogens is 833 g/mol. The number of fused-ring (bicyclic) bond motifs is 3. The Morgan fingerprint density at radius 1 is 0.940 bits per heavy atom. The monoisotopic (exact) mass is 907 g/mol. The highest BCUT2D eigenvalue weighted by Gasteiger charge is 2.53. The molecule has 3 heterocycles. The molecule has 1 saturated heterocycles. The number of methoxy groups -OCH3 is 1. The van der Waals surface area contributed by atoms with Crippen molar-refractivity contribution >= 4 is 17.1 Å². The molecule has 356 valence electrons. The summed E-state index contributed by atoms with van der Waals surface area (Å²) in [4.78, 5) is 27.7. The summed E-state index contributed by atoms with van der Waals surface area (Å²) in [5.74, 6) is 3.71. The molecule has 0 amide bonds. The van der Waals surface area contributed by atoms with Crippen LogP contribution in [0.25, 0.3) is 5.57 Å². The van der Waals surface area contributed by atoms with Crippen molar-refractivity contribution < 1.29 is 24.5 Å². The number of piperidine rings is 1. The van der Waals surface area contributed by atoms with Crippen molar-refractivity contribution in [3.63, 3.8) is 0 Å². The van der Waals surface area contributed by atoms with E-state index in [0.717, 1.165) is 92.6 Å². The third kappa shape index (κ3) is 11.2. The van der Waals surface area contributed by atoms with Gasteiger partial charge < -0.3 is 36.6 Å². The van der Waals surface area contributed by atoms with Crippen LogP contribution >= 0.6 is 0 Å². The lowest BCUT2D eigenvalue weighted by Gasteiger charge is -2.54. The van der Waals surface area contributed by atoms with E-state index in [0.29, 0.717) is 47.8 Å². The number of carbonyl (C=O) groups is 2. The molecule has 0 radical (unpaired) electrons. The van der Waals surface area contributed by atoms with Crippen molar-refractivity contribution in [2.75, 3.05) is 33.4 Å². The zero-order chi connectivity index (χ0) is 46.3. The third-order valence-corrected chi connectivity index (χ3v) is 16.9. The van der Waals surface area contributed by atoms with Crippen LogP contribution in [0, 0.1) is 40.9 Å². The third-order valence-electron chi connectivity index (χ3n) is 16.9. The van der Waals surface area contributed by atoms with Crippen LogP contribution in [0.3, 0.4) is 0 Å². The van der Waals surface area contributed by atoms with Crippen LogP contribution in [0.5, 0.6) is 11.5 Å². The number of benzene rings is 3. The maximum absolute atomic E-state index is 13.9. The number of aliphatic hydroxyl groups is 1. The van der Waals surface area contributed by atoms with Gasteiger partial charge in [-0.1, -0.05) is 73.2 Å². The van der Waals surface area contributed by atoms with Gasteiger partial charge in [-0.05, 0) is 206 Å². The molecule has 0 spiro atoms. The summed E-state index contributed by atoms with van der Waals surface area (Å²) in [7, 11) is 1.49. The van der Waals surface area contributed by atoms with Crippen molar-refractivity contribution in [3.05, 3.63) is 136 Å². The molecule has 3 aliphatic carbocycles. The van der Waals surface area contributed by atoms with Gasteiger partial charge >= 0.3 is 0 Å². The summed E-state index contributed by atoms with van der Waals surface area (Å²) >= 11 is 0. The van der Waals surface area contributed by atoms with Gasteiger partial charge in [-0.25, -0.2) is 0 Å². The normalized spacial score (nSPS) is 29.1. The summed E-state index contributed by atoms with van der Waals surface area (Å²) in [5, 5.41) is 32.8. The molecule has 0 aromatic heterocycles. The molecule has 3 saturated carbocycles. The number of hydrogen-bond acceptors (Lipinski definition) is 9. The molecule has 9 nitrogen and oxygen atoms in total. The second kappa shape index (κ2) is 21.7. The Kier molecular flexibility index (Phi) is 15.3. The number of hydrogen-bond donors (Lipinski definition) is 6. The maximum atomic E-state index is 13.9. The van der Waals surface area contributed by atoms with Gasteiger partial charge in [0.2, 0.25) is 0 Å². The van der Waals surface area contributed by atoms with E-state index >= 15 is 0 Å². The number of rotatable bonds is 18. The van der Waals surface area contributed by atoms with Gasteiger partial charge in [0, 0.05) is 25.2 Å². The summed E-state index contributed by atoms with van der Waals surface area (Å²) in [6.07, 6.45) is 25.2. The standard InChI is InChI=1S/C58H74N4O5/c1-67-55-32-52(44(29-54(55)66)27-45-36-62-56(59)30-42(45)18-16-40-11-5-10-39(24-40)15-14-38-8-3-2-4-9-38)47(37-63)28-50(65)31-49(64)25-41-17-19-48-13-6-21-58(48,33-41)34-53-51-20-23-60-35-46(51)26-43-12-7-22-61-57(43)53/h2-5,7-12,24,28-30,32,36,41,43,46,48,51,53,56-57,60-63,66H,6,13-23,25-27,31,33-35,37,59H2,1H3/b47-28+/t41-,43+,46+,48+,51-,53+,56?,57-,58-/m1/s1. The van der Waals surface area contributed by atoms with Gasteiger partial charge in [0.1, 0.15) is 5.78 Å². The summed E-state index contributed by atoms with van der Waals surface area (Å²) in [6, 6.07) is 23.3. The van der Waals surface area contributed by atoms with Crippen LogP contribution in [-0.4, -0.2) is 67.3 Å². The fourth-order valence-corrected chi connectivity index (χ4v) is 13.8. The lowest BCUT2D eigenvalue weighted by Crippen LogP contribution is -2.57. The predicted molar refractivity (Wildman–Crippen MR) is 267 cm³/mol. The van der Waals surface area contributed by atoms with Gasteiger partial charge in [-0.2, -0.15) is 0 Å². The molecule has 6 aliphatic rings. The van der Waals surface area contributed by atoms with E-state index in [1.165, 1.54) is 74.8 Å². The molecule has 1 unspecified atom stereocenters. The first-order chi connectivity index (χ1) is 32.7. The van der Waals surface area contributed by atoms with Crippen molar-refractivity contribution in [2.45, 2.75) is 115 Å². The molecule has 3 aromatic rings. The van der Waals surface area contributed by atoms with E-state index in [2.05, 4.69) is 82.7 Å². The lowest BCUT2D eigenvalue weighted by atomic mass is 9.54. The van der Waals surface area contributed by atoms with Crippen LogP contribution in [0.2, 0.25) is 0 Å². The van der Waals surface area contributed by atoms with Crippen LogP contribution in [0.4, 0.5) is 0 Å². The fraction of sp³-hybridized carbons (Fsp3) is 0.517. The lowest BCUT2D eigenvalue weighted by molar-refractivity contribution is -0.126. The summed E-state index contributed by atoms with van der Waals surface area (Å²) in [6.45, 7) is 2.82. The van der Waals surface area contributed by atoms with Gasteiger partial charge in [-0.15, -0.1) is 0 Å². The van der Waals surface area contributed by atoms with E-state index in [4.69, 9.17) is 10.5 Å². The summed E-state index contributed by atoms with van der Waals surface area (Å²) in [5.41, 5.74) is 14.4. The topological polar surface area (TPSA) is 146 Å². The molecule has 9 heteroatoms. The number of aryl methyl sites for hydroxylation is 3. The Labute approximate surface area is 398 Å². The van der Waals surface area contributed by atoms with E-state index in [1.54, 1.807) is 12.1 Å². The van der Waals surface area contributed by atoms with Crippen LogP contribution in [0.15, 0.2) is 108 Å². The van der Waals surface area contributed by atoms with Crippen molar-refractivity contribution in [2.24, 2.45) is 46.7 Å². The Balaban J connectivity index is 0.858. The molecule has 4 fully saturated rings. The molecule has 9 rings (SSSR count). The highest BCUT2D eigenvalue weighted by Crippen LogP contribution is 2.60. The highest BCUT2D eigenvalue weighted by molar-refractivity contribution is 6.07. The number of phenolic OH excluding ortho intramolecular Hbond substituents is 1. The molecule has 7 N–H and O–H groups in total. The van der Waals surface area contributed by atoms with Gasteiger partial charge in [0.15, 0.2) is 17.3 Å². The second-order valence-electron chi connectivity index (χ2n) is 21.1. The van der Waals surface area contributed by atoms with Crippen molar-refractivity contribution in [3.8, 4) is 11.5 Å². The number of aliphatic hydroxyl groups excluding tert-OH is 1. The van der Waals surface area contributed by atoms with E-state index in [9.17, 15) is 19.8 Å². The number of Topliss-reactive ketones (excluding diaryl/α,β-unsaturated/α-hetero) is 1. The number of nitrogens with two attached hydrogens (primary N) is 1. The first-order valence-electron chi connectivity index (χ1n) is 25.6. The number of dihydropyridines is 1. The smallest absolute Gasteiger partial charge is 0.163 e. The van der Waals surface area contributed by atoms with Crippen molar-refractivity contribution in [1.82, 2.24) is 16.0 Å². The minimum absolute atomic E-state index is 0.0137. The molecular formula is C58H74N4O5. The largest absolute Gasteiger partial charge is 0.504 e. The predicted octanol–water partition coefficient (Wildman–Crippen LogP) is 8.72. The molecule has 67 heavy (non-hydrogen) atoms. The first kappa shape index (κ1) is 47.3. The number of allylic oxidation sites excluding steroid dienone is 3. The van der Waals surface area contributed by atoms with Crippen LogP contribution in [-0.2, 0) is 35.3 Å². The van der Waals surface area contributed by atoms with E-state index in [1.807, 2.05) is 12.3 Å². The Hall–Kier alpha value is -4.80. The number of phenols is 1. The number of nitrogens with one attached hydrogen (secondary N) is 3. The minimum atomic E-state index is -0.412. The Bertz CT molecular complexity index is 2350. The fourth-order valence-electron chi connectivity index (χ4n) is 13.8. The summed E-state index contributed by atoms with van der Waals surface area (Å²) < 4.78 is 5.53. The van der Waals surface area contributed by atoms with Gasteiger partial charge in [-0.3, -0.25) is 9.59 Å². The van der Waals surface area contributed by atoms with Crippen LogP contribution in [0.1, 0.15) is 105 Å². The van der Waals surface area contributed by atoms with Crippen LogP contribution < -0.4 is 26.4 Å². The Morgan fingerprint density at radius 2 is 1.75 bits per heavy atom. The molecule has 3 aliphatic heterocycles.